The SMILES string of the molecule is CCN(CCC(N)=S)C(=O)C1CCC(F)(F)CC1. The summed E-state index contributed by atoms with van der Waals surface area (Å²) in [5.74, 6) is -2.90. The summed E-state index contributed by atoms with van der Waals surface area (Å²) in [5.41, 5.74) is 5.40. The molecule has 1 aliphatic carbocycles. The summed E-state index contributed by atoms with van der Waals surface area (Å²) in [5, 5.41) is 0. The number of nitrogens with two attached hydrogens (primary N) is 1. The van der Waals surface area contributed by atoms with Crippen molar-refractivity contribution in [1.29, 1.82) is 0 Å². The summed E-state index contributed by atoms with van der Waals surface area (Å²) in [6.45, 7) is 2.92. The third-order valence-corrected chi connectivity index (χ3v) is 3.59. The van der Waals surface area contributed by atoms with Crippen molar-refractivity contribution in [2.24, 2.45) is 11.7 Å². The minimum Gasteiger partial charge on any atom is -0.393 e. The van der Waals surface area contributed by atoms with Gasteiger partial charge in [-0.25, -0.2) is 8.78 Å². The van der Waals surface area contributed by atoms with Gasteiger partial charge < -0.3 is 10.6 Å². The highest BCUT2D eigenvalue weighted by molar-refractivity contribution is 7.80. The van der Waals surface area contributed by atoms with Crippen LogP contribution in [0, 0.1) is 5.92 Å². The van der Waals surface area contributed by atoms with Gasteiger partial charge >= 0.3 is 0 Å². The first-order chi connectivity index (χ1) is 8.35. The average Bonchev–Trinajstić information content (AvgIpc) is 2.29. The number of alkyl halides is 2. The van der Waals surface area contributed by atoms with Crippen molar-refractivity contribution in [2.75, 3.05) is 13.1 Å². The minimum atomic E-state index is -2.59. The monoisotopic (exact) mass is 278 g/mol. The molecule has 1 fully saturated rings. The number of hydrogen-bond donors (Lipinski definition) is 1. The van der Waals surface area contributed by atoms with Gasteiger partial charge in [0.05, 0.1) is 4.99 Å². The molecule has 0 bridgehead atoms. The van der Waals surface area contributed by atoms with Crippen LogP contribution in [0.15, 0.2) is 0 Å². The maximum Gasteiger partial charge on any atom is 0.248 e. The molecule has 6 heteroatoms. The number of halogens is 2. The zero-order valence-electron chi connectivity index (χ0n) is 10.6. The van der Waals surface area contributed by atoms with Gasteiger partial charge in [0.15, 0.2) is 0 Å². The van der Waals surface area contributed by atoms with E-state index in [1.165, 1.54) is 0 Å². The number of carbonyl (C=O) groups is 1. The molecule has 0 spiro atoms. The molecule has 2 N–H and O–H groups in total. The van der Waals surface area contributed by atoms with Crippen LogP contribution in [0.25, 0.3) is 0 Å². The van der Waals surface area contributed by atoms with E-state index in [2.05, 4.69) is 0 Å². The third-order valence-electron chi connectivity index (χ3n) is 3.39. The second-order valence-corrected chi connectivity index (χ2v) is 5.29. The van der Waals surface area contributed by atoms with Crippen LogP contribution in [0.2, 0.25) is 0 Å². The molecule has 1 rings (SSSR count). The van der Waals surface area contributed by atoms with E-state index >= 15 is 0 Å². The fraction of sp³-hybridized carbons (Fsp3) is 0.833. The molecule has 0 heterocycles. The van der Waals surface area contributed by atoms with Crippen LogP contribution in [-0.2, 0) is 4.79 Å². The molecule has 3 nitrogen and oxygen atoms in total. The summed E-state index contributed by atoms with van der Waals surface area (Å²) in [6, 6.07) is 0. The highest BCUT2D eigenvalue weighted by Crippen LogP contribution is 2.36. The van der Waals surface area contributed by atoms with Crippen molar-refractivity contribution in [3.8, 4) is 0 Å². The summed E-state index contributed by atoms with van der Waals surface area (Å²) in [7, 11) is 0. The fourth-order valence-electron chi connectivity index (χ4n) is 2.21. The van der Waals surface area contributed by atoms with Crippen LogP contribution in [0.3, 0.4) is 0 Å². The van der Waals surface area contributed by atoms with Crippen LogP contribution in [0.5, 0.6) is 0 Å². The van der Waals surface area contributed by atoms with E-state index in [0.29, 0.717) is 24.5 Å². The van der Waals surface area contributed by atoms with E-state index in [9.17, 15) is 13.6 Å². The fourth-order valence-corrected chi connectivity index (χ4v) is 2.31. The molecule has 0 atom stereocenters. The lowest BCUT2D eigenvalue weighted by Gasteiger charge is -2.31. The number of amides is 1. The Labute approximate surface area is 112 Å². The Morgan fingerprint density at radius 2 is 2.00 bits per heavy atom. The first kappa shape index (κ1) is 15.3. The van der Waals surface area contributed by atoms with Crippen LogP contribution in [-0.4, -0.2) is 34.8 Å². The van der Waals surface area contributed by atoms with Crippen LogP contribution in [0.1, 0.15) is 39.0 Å². The lowest BCUT2D eigenvalue weighted by molar-refractivity contribution is -0.139. The smallest absolute Gasteiger partial charge is 0.248 e. The Morgan fingerprint density at radius 1 is 1.44 bits per heavy atom. The van der Waals surface area contributed by atoms with Gasteiger partial charge in [-0.05, 0) is 19.8 Å². The molecule has 1 saturated carbocycles. The molecule has 1 amide bonds. The molecular formula is C12H20F2N2OS. The number of thiocarbonyl (C=S) groups is 1. The lowest BCUT2D eigenvalue weighted by atomic mass is 9.86. The van der Waals surface area contributed by atoms with Crippen LogP contribution in [0.4, 0.5) is 8.78 Å². The molecule has 1 aliphatic rings. The van der Waals surface area contributed by atoms with E-state index in [0.717, 1.165) is 0 Å². The summed E-state index contributed by atoms with van der Waals surface area (Å²) >= 11 is 4.78. The Hall–Kier alpha value is -0.780. The van der Waals surface area contributed by atoms with Crippen molar-refractivity contribution in [3.05, 3.63) is 0 Å². The topological polar surface area (TPSA) is 46.3 Å². The number of carbonyl (C=O) groups excluding carboxylic acids is 1. The van der Waals surface area contributed by atoms with Crippen molar-refractivity contribution in [3.63, 3.8) is 0 Å². The van der Waals surface area contributed by atoms with Crippen LogP contribution >= 0.6 is 12.2 Å². The quantitative estimate of drug-likeness (QED) is 0.785. The van der Waals surface area contributed by atoms with Crippen molar-refractivity contribution >= 4 is 23.1 Å². The van der Waals surface area contributed by atoms with Crippen LogP contribution < -0.4 is 5.73 Å². The molecule has 0 saturated heterocycles. The van der Waals surface area contributed by atoms with Gasteiger partial charge in [-0.2, -0.15) is 0 Å². The minimum absolute atomic E-state index is 0.0377. The van der Waals surface area contributed by atoms with E-state index in [1.54, 1.807) is 4.90 Å². The molecule has 0 aromatic rings. The Kier molecular flexibility index (Phi) is 5.44. The normalized spacial score (nSPS) is 19.5. The molecule has 0 aromatic carbocycles. The summed E-state index contributed by atoms with van der Waals surface area (Å²) < 4.78 is 26.0. The van der Waals surface area contributed by atoms with Gasteiger partial charge in [0, 0.05) is 38.3 Å². The number of rotatable bonds is 5. The zero-order chi connectivity index (χ0) is 13.8. The largest absolute Gasteiger partial charge is 0.393 e. The van der Waals surface area contributed by atoms with Crippen molar-refractivity contribution in [2.45, 2.75) is 45.0 Å². The molecule has 104 valence electrons. The molecule has 18 heavy (non-hydrogen) atoms. The predicted molar refractivity (Wildman–Crippen MR) is 70.6 cm³/mol. The van der Waals surface area contributed by atoms with E-state index in [-0.39, 0.29) is 37.5 Å². The molecule has 0 unspecified atom stereocenters. The number of nitrogens with zero attached hydrogens (tertiary/aromatic N) is 1. The Bertz CT molecular complexity index is 313. The summed E-state index contributed by atoms with van der Waals surface area (Å²) in [6.07, 6.45) is 0.662. The average molecular weight is 278 g/mol. The van der Waals surface area contributed by atoms with Gasteiger partial charge in [-0.1, -0.05) is 12.2 Å². The van der Waals surface area contributed by atoms with Gasteiger partial charge in [0.25, 0.3) is 0 Å². The number of hydrogen-bond acceptors (Lipinski definition) is 2. The molecule has 0 aliphatic heterocycles. The van der Waals surface area contributed by atoms with Crippen molar-refractivity contribution in [1.82, 2.24) is 4.90 Å². The van der Waals surface area contributed by atoms with E-state index in [1.807, 2.05) is 6.92 Å². The van der Waals surface area contributed by atoms with E-state index < -0.39 is 5.92 Å². The first-order valence-electron chi connectivity index (χ1n) is 6.30. The molecule has 0 radical (unpaired) electrons. The van der Waals surface area contributed by atoms with E-state index in [4.69, 9.17) is 18.0 Å². The zero-order valence-corrected chi connectivity index (χ0v) is 11.4. The van der Waals surface area contributed by atoms with Gasteiger partial charge in [0.1, 0.15) is 0 Å². The van der Waals surface area contributed by atoms with Gasteiger partial charge in [0.2, 0.25) is 11.8 Å². The van der Waals surface area contributed by atoms with Crippen molar-refractivity contribution < 1.29 is 13.6 Å². The molecule has 0 aromatic heterocycles. The van der Waals surface area contributed by atoms with Gasteiger partial charge in [-0.15, -0.1) is 0 Å². The maximum atomic E-state index is 13.0. The second-order valence-electron chi connectivity index (χ2n) is 4.76. The highest BCUT2D eigenvalue weighted by atomic mass is 32.1. The summed E-state index contributed by atoms with van der Waals surface area (Å²) in [4.78, 5) is 14.2. The predicted octanol–water partition coefficient (Wildman–Crippen LogP) is 2.34. The standard InChI is InChI=1S/C12H20F2N2OS/c1-2-16(8-5-10(15)18)11(17)9-3-6-12(13,14)7-4-9/h9H,2-8H2,1H3,(H2,15,18). The third kappa shape index (κ3) is 4.48. The molecular weight excluding hydrogens is 258 g/mol. The maximum absolute atomic E-state index is 13.0. The Morgan fingerprint density at radius 3 is 2.44 bits per heavy atom. The second kappa shape index (κ2) is 6.41. The lowest BCUT2D eigenvalue weighted by Crippen LogP contribution is -2.40. The Balaban J connectivity index is 2.49. The highest BCUT2D eigenvalue weighted by Gasteiger charge is 2.38. The first-order valence-corrected chi connectivity index (χ1v) is 6.71. The van der Waals surface area contributed by atoms with Gasteiger partial charge in [-0.3, -0.25) is 4.79 Å².